The Morgan fingerprint density at radius 1 is 1.42 bits per heavy atom. The Hall–Kier alpha value is -1.64. The van der Waals surface area contributed by atoms with E-state index in [9.17, 15) is 4.79 Å². The second-order valence-corrected chi connectivity index (χ2v) is 8.96. The van der Waals surface area contributed by atoms with E-state index >= 15 is 0 Å². The van der Waals surface area contributed by atoms with Crippen LogP contribution in [-0.2, 0) is 11.3 Å². The number of nitrogens with two attached hydrogens (primary N) is 1. The molecular weight excluding hydrogens is 360 g/mol. The quantitative estimate of drug-likeness (QED) is 0.522. The van der Waals surface area contributed by atoms with Crippen molar-refractivity contribution in [2.45, 2.75) is 37.7 Å². The standard InChI is InChI=1S/C16H18N4OS3/c1-8-9(2)23-15-12(8)13(17)19-16(20-15)24-10(3)14(21)18-7-11-5-4-6-22-11/h4-6,10H,7H2,1-3H3,(H,18,21)(H2,17,19,20). The lowest BCUT2D eigenvalue weighted by molar-refractivity contribution is -0.120. The lowest BCUT2D eigenvalue weighted by Crippen LogP contribution is -2.30. The van der Waals surface area contributed by atoms with E-state index < -0.39 is 0 Å². The van der Waals surface area contributed by atoms with Crippen molar-refractivity contribution in [1.82, 2.24) is 15.3 Å². The molecule has 0 radical (unpaired) electrons. The number of nitrogens with zero attached hydrogens (tertiary/aromatic N) is 2. The van der Waals surface area contributed by atoms with Crippen LogP contribution >= 0.6 is 34.4 Å². The summed E-state index contributed by atoms with van der Waals surface area (Å²) >= 11 is 4.56. The van der Waals surface area contributed by atoms with Crippen LogP contribution in [0.15, 0.2) is 22.7 Å². The normalized spacial score (nSPS) is 12.5. The van der Waals surface area contributed by atoms with Gasteiger partial charge in [0.25, 0.3) is 0 Å². The zero-order chi connectivity index (χ0) is 17.3. The SMILES string of the molecule is Cc1sc2nc(SC(C)C(=O)NCc3cccs3)nc(N)c2c1C. The number of amides is 1. The molecule has 0 aliphatic carbocycles. The van der Waals surface area contributed by atoms with Crippen LogP contribution in [0, 0.1) is 13.8 Å². The molecule has 3 aromatic rings. The van der Waals surface area contributed by atoms with Crippen LogP contribution < -0.4 is 11.1 Å². The van der Waals surface area contributed by atoms with E-state index in [-0.39, 0.29) is 11.2 Å². The first-order valence-electron chi connectivity index (χ1n) is 7.45. The molecule has 0 aliphatic rings. The summed E-state index contributed by atoms with van der Waals surface area (Å²) in [5.74, 6) is 0.449. The van der Waals surface area contributed by atoms with Crippen LogP contribution in [0.5, 0.6) is 0 Å². The second kappa shape index (κ2) is 7.08. The van der Waals surface area contributed by atoms with E-state index in [0.29, 0.717) is 17.5 Å². The number of carbonyl (C=O) groups is 1. The third-order valence-electron chi connectivity index (χ3n) is 3.70. The summed E-state index contributed by atoms with van der Waals surface area (Å²) in [6.45, 7) is 6.48. The zero-order valence-electron chi connectivity index (χ0n) is 13.6. The number of thiophene rings is 2. The minimum Gasteiger partial charge on any atom is -0.383 e. The average molecular weight is 379 g/mol. The highest BCUT2D eigenvalue weighted by Crippen LogP contribution is 2.34. The lowest BCUT2D eigenvalue weighted by Gasteiger charge is -2.11. The number of anilines is 1. The number of nitrogen functional groups attached to an aromatic ring is 1. The average Bonchev–Trinajstić information content (AvgIpc) is 3.14. The van der Waals surface area contributed by atoms with Gasteiger partial charge in [-0.25, -0.2) is 9.97 Å². The zero-order valence-corrected chi connectivity index (χ0v) is 16.1. The van der Waals surface area contributed by atoms with Gasteiger partial charge in [-0.2, -0.15) is 0 Å². The molecule has 0 saturated carbocycles. The molecule has 126 valence electrons. The van der Waals surface area contributed by atoms with Crippen LogP contribution in [0.25, 0.3) is 10.2 Å². The first kappa shape index (κ1) is 17.2. The van der Waals surface area contributed by atoms with Crippen LogP contribution in [0.4, 0.5) is 5.82 Å². The molecule has 3 N–H and O–H groups in total. The Balaban J connectivity index is 1.70. The van der Waals surface area contributed by atoms with Crippen molar-refractivity contribution >= 4 is 56.4 Å². The van der Waals surface area contributed by atoms with Gasteiger partial charge in [0, 0.05) is 9.75 Å². The molecule has 1 unspecified atom stereocenters. The fourth-order valence-corrected chi connectivity index (χ4v) is 4.80. The van der Waals surface area contributed by atoms with Crippen molar-refractivity contribution in [3.8, 4) is 0 Å². The molecule has 0 spiro atoms. The summed E-state index contributed by atoms with van der Waals surface area (Å²) in [5, 5.41) is 6.11. The summed E-state index contributed by atoms with van der Waals surface area (Å²) in [6.07, 6.45) is 0. The smallest absolute Gasteiger partial charge is 0.233 e. The highest BCUT2D eigenvalue weighted by Gasteiger charge is 2.18. The Morgan fingerprint density at radius 2 is 2.21 bits per heavy atom. The Kier molecular flexibility index (Phi) is 5.07. The maximum absolute atomic E-state index is 12.2. The van der Waals surface area contributed by atoms with Gasteiger partial charge in [0.1, 0.15) is 10.6 Å². The van der Waals surface area contributed by atoms with E-state index in [2.05, 4.69) is 22.2 Å². The third kappa shape index (κ3) is 3.55. The molecule has 0 aliphatic heterocycles. The molecule has 1 amide bonds. The summed E-state index contributed by atoms with van der Waals surface area (Å²) in [6, 6.07) is 3.98. The van der Waals surface area contributed by atoms with Crippen molar-refractivity contribution < 1.29 is 4.79 Å². The van der Waals surface area contributed by atoms with E-state index in [1.807, 2.05) is 31.4 Å². The third-order valence-corrected chi connectivity index (χ3v) is 6.64. The van der Waals surface area contributed by atoms with Gasteiger partial charge >= 0.3 is 0 Å². The molecule has 1 atom stereocenters. The fourth-order valence-electron chi connectivity index (χ4n) is 2.26. The Labute approximate surface area is 152 Å². The first-order valence-corrected chi connectivity index (χ1v) is 10.0. The van der Waals surface area contributed by atoms with Crippen molar-refractivity contribution in [3.63, 3.8) is 0 Å². The summed E-state index contributed by atoms with van der Waals surface area (Å²) in [5.41, 5.74) is 7.22. The van der Waals surface area contributed by atoms with Gasteiger partial charge in [0.15, 0.2) is 5.16 Å². The Morgan fingerprint density at radius 3 is 2.92 bits per heavy atom. The molecule has 24 heavy (non-hydrogen) atoms. The number of thioether (sulfide) groups is 1. The molecule has 3 rings (SSSR count). The van der Waals surface area contributed by atoms with Crippen molar-refractivity contribution in [2.75, 3.05) is 5.73 Å². The molecule has 0 saturated heterocycles. The number of aromatic nitrogens is 2. The van der Waals surface area contributed by atoms with Crippen LogP contribution in [-0.4, -0.2) is 21.1 Å². The van der Waals surface area contributed by atoms with Crippen LogP contribution in [0.1, 0.15) is 22.2 Å². The van der Waals surface area contributed by atoms with Crippen LogP contribution in [0.3, 0.4) is 0 Å². The van der Waals surface area contributed by atoms with Crippen molar-refractivity contribution in [2.24, 2.45) is 0 Å². The van der Waals surface area contributed by atoms with Crippen molar-refractivity contribution in [1.29, 1.82) is 0 Å². The summed E-state index contributed by atoms with van der Waals surface area (Å²) < 4.78 is 0. The largest absolute Gasteiger partial charge is 0.383 e. The topological polar surface area (TPSA) is 80.9 Å². The van der Waals surface area contributed by atoms with Gasteiger partial charge in [0.2, 0.25) is 5.91 Å². The van der Waals surface area contributed by atoms with Gasteiger partial charge in [-0.3, -0.25) is 4.79 Å². The highest BCUT2D eigenvalue weighted by atomic mass is 32.2. The van der Waals surface area contributed by atoms with Gasteiger partial charge in [-0.1, -0.05) is 17.8 Å². The number of hydrogen-bond donors (Lipinski definition) is 2. The molecule has 0 fully saturated rings. The molecule has 0 bridgehead atoms. The van der Waals surface area contributed by atoms with Crippen LogP contribution in [0.2, 0.25) is 0 Å². The van der Waals surface area contributed by atoms with Gasteiger partial charge in [0.05, 0.1) is 17.2 Å². The van der Waals surface area contributed by atoms with E-state index in [1.54, 1.807) is 22.7 Å². The molecule has 0 aromatic carbocycles. The Bertz CT molecular complexity index is 873. The monoisotopic (exact) mass is 378 g/mol. The molecule has 8 heteroatoms. The number of fused-ring (bicyclic) bond motifs is 1. The summed E-state index contributed by atoms with van der Waals surface area (Å²) in [4.78, 5) is 24.4. The number of nitrogens with one attached hydrogen (secondary N) is 1. The fraction of sp³-hybridized carbons (Fsp3) is 0.312. The second-order valence-electron chi connectivity index (χ2n) is 5.41. The van der Waals surface area contributed by atoms with Crippen molar-refractivity contribution in [3.05, 3.63) is 32.8 Å². The molecule has 3 heterocycles. The van der Waals surface area contributed by atoms with Gasteiger partial charge < -0.3 is 11.1 Å². The maximum Gasteiger partial charge on any atom is 0.233 e. The maximum atomic E-state index is 12.2. The number of rotatable bonds is 5. The number of carbonyl (C=O) groups excluding carboxylic acids is 1. The molecule has 5 nitrogen and oxygen atoms in total. The van der Waals surface area contributed by atoms with E-state index in [1.165, 1.54) is 16.6 Å². The predicted molar refractivity (Wildman–Crippen MR) is 103 cm³/mol. The van der Waals surface area contributed by atoms with E-state index in [4.69, 9.17) is 5.73 Å². The predicted octanol–water partition coefficient (Wildman–Crippen LogP) is 3.75. The number of hydrogen-bond acceptors (Lipinski definition) is 7. The van der Waals surface area contributed by atoms with E-state index in [0.717, 1.165) is 20.7 Å². The lowest BCUT2D eigenvalue weighted by atomic mass is 10.2. The molecule has 3 aromatic heterocycles. The first-order chi connectivity index (χ1) is 11.5. The minimum absolute atomic E-state index is 0.0331. The minimum atomic E-state index is -0.288. The molecular formula is C16H18N4OS3. The van der Waals surface area contributed by atoms with Gasteiger partial charge in [-0.05, 0) is 37.8 Å². The number of aryl methyl sites for hydroxylation is 2. The summed E-state index contributed by atoms with van der Waals surface area (Å²) in [7, 11) is 0. The van der Waals surface area contributed by atoms with Gasteiger partial charge in [-0.15, -0.1) is 22.7 Å². The highest BCUT2D eigenvalue weighted by molar-refractivity contribution is 8.00.